The van der Waals surface area contributed by atoms with Crippen LogP contribution in [0.4, 0.5) is 0 Å². The molecule has 0 aliphatic heterocycles. The third kappa shape index (κ3) is 4.45. The zero-order chi connectivity index (χ0) is 14.5. The molecular weight excluding hydrogens is 271 g/mol. The maximum atomic E-state index is 12.2. The number of aromatic amines is 1. The zero-order valence-electron chi connectivity index (χ0n) is 11.3. The molecule has 0 fully saturated rings. The van der Waals surface area contributed by atoms with Crippen molar-refractivity contribution in [3.05, 3.63) is 32.6 Å². The smallest absolute Gasteiger partial charge is 0.309 e. The Labute approximate surface area is 111 Å². The zero-order valence-corrected chi connectivity index (χ0v) is 12.2. The highest BCUT2D eigenvalue weighted by Crippen LogP contribution is 2.47. The van der Waals surface area contributed by atoms with E-state index >= 15 is 0 Å². The Bertz CT molecular complexity index is 567. The summed E-state index contributed by atoms with van der Waals surface area (Å²) in [6.45, 7) is 5.75. The van der Waals surface area contributed by atoms with Crippen molar-refractivity contribution in [2.75, 3.05) is 19.4 Å². The van der Waals surface area contributed by atoms with Gasteiger partial charge < -0.3 is 9.05 Å². The molecule has 0 aliphatic carbocycles. The van der Waals surface area contributed by atoms with Gasteiger partial charge in [0.1, 0.15) is 0 Å². The minimum atomic E-state index is -3.18. The van der Waals surface area contributed by atoms with Crippen molar-refractivity contribution < 1.29 is 13.6 Å². The van der Waals surface area contributed by atoms with E-state index in [4.69, 9.17) is 9.05 Å². The molecule has 0 aliphatic rings. The third-order valence-corrected chi connectivity index (χ3v) is 4.51. The fourth-order valence-corrected chi connectivity index (χ4v) is 3.15. The van der Waals surface area contributed by atoms with Gasteiger partial charge in [-0.15, -0.1) is 0 Å². The molecule has 19 heavy (non-hydrogen) atoms. The fourth-order valence-electron chi connectivity index (χ4n) is 1.57. The lowest BCUT2D eigenvalue weighted by Gasteiger charge is -2.17. The topological polar surface area (TPSA) is 90.4 Å². The molecule has 0 spiro atoms. The summed E-state index contributed by atoms with van der Waals surface area (Å²) in [5.74, 6) is 0. The van der Waals surface area contributed by atoms with E-state index in [2.05, 4.69) is 4.98 Å². The van der Waals surface area contributed by atoms with Gasteiger partial charge >= 0.3 is 13.3 Å². The molecule has 0 saturated heterocycles. The molecule has 0 aromatic carbocycles. The van der Waals surface area contributed by atoms with Gasteiger partial charge in [-0.25, -0.2) is 4.79 Å². The van der Waals surface area contributed by atoms with Crippen LogP contribution in [0.3, 0.4) is 0 Å². The van der Waals surface area contributed by atoms with Crippen LogP contribution >= 0.6 is 7.60 Å². The van der Waals surface area contributed by atoms with Crippen LogP contribution in [0.5, 0.6) is 0 Å². The van der Waals surface area contributed by atoms with Gasteiger partial charge in [-0.2, -0.15) is 0 Å². The van der Waals surface area contributed by atoms with Crippen LogP contribution in [0.1, 0.15) is 19.4 Å². The Morgan fingerprint density at radius 2 is 1.84 bits per heavy atom. The first-order valence-electron chi connectivity index (χ1n) is 6.10. The average molecular weight is 290 g/mol. The Morgan fingerprint density at radius 1 is 1.26 bits per heavy atom. The van der Waals surface area contributed by atoms with Crippen molar-refractivity contribution in [3.8, 4) is 0 Å². The quantitative estimate of drug-likeness (QED) is 0.760. The standard InChI is InChI=1S/C11H19N2O5P/c1-4-17-19(16,18-5-2)7-6-13-8-9(3)10(14)12-11(13)15/h8H,4-7H2,1-3H3,(H,12,14,15). The number of nitrogens with zero attached hydrogens (tertiary/aromatic N) is 1. The SMILES string of the molecule is CCOP(=O)(CCn1cc(C)c(=O)[nH]c1=O)OCC. The number of nitrogens with one attached hydrogen (secondary N) is 1. The Morgan fingerprint density at radius 3 is 2.37 bits per heavy atom. The molecule has 0 radical (unpaired) electrons. The van der Waals surface area contributed by atoms with Gasteiger partial charge in [0.25, 0.3) is 5.56 Å². The number of hydrogen-bond donors (Lipinski definition) is 1. The largest absolute Gasteiger partial charge is 0.332 e. The number of aromatic nitrogens is 2. The lowest BCUT2D eigenvalue weighted by atomic mass is 10.4. The Kier molecular flexibility index (Phi) is 5.72. The van der Waals surface area contributed by atoms with Crippen molar-refractivity contribution >= 4 is 7.60 Å². The number of hydrogen-bond acceptors (Lipinski definition) is 5. The molecule has 1 aromatic rings. The van der Waals surface area contributed by atoms with Gasteiger partial charge in [0, 0.05) is 18.3 Å². The van der Waals surface area contributed by atoms with Crippen LogP contribution in [0, 0.1) is 6.92 Å². The van der Waals surface area contributed by atoms with Gasteiger partial charge in [0.15, 0.2) is 0 Å². The molecule has 1 heterocycles. The van der Waals surface area contributed by atoms with Gasteiger partial charge in [-0.1, -0.05) is 0 Å². The second-order valence-electron chi connectivity index (χ2n) is 3.93. The van der Waals surface area contributed by atoms with E-state index in [-0.39, 0.29) is 25.9 Å². The molecular formula is C11H19N2O5P. The summed E-state index contributed by atoms with van der Waals surface area (Å²) in [4.78, 5) is 25.0. The summed E-state index contributed by atoms with van der Waals surface area (Å²) in [7, 11) is -3.18. The second-order valence-corrected chi connectivity index (χ2v) is 6.12. The van der Waals surface area contributed by atoms with Crippen LogP contribution in [0.2, 0.25) is 0 Å². The normalized spacial score (nSPS) is 11.7. The predicted octanol–water partition coefficient (Wildman–Crippen LogP) is 1.11. The molecule has 0 saturated carbocycles. The van der Waals surface area contributed by atoms with Crippen molar-refractivity contribution in [2.24, 2.45) is 0 Å². The van der Waals surface area contributed by atoms with Crippen LogP contribution in [0.15, 0.2) is 15.8 Å². The highest BCUT2D eigenvalue weighted by Gasteiger charge is 2.23. The molecule has 1 aromatic heterocycles. The summed E-state index contributed by atoms with van der Waals surface area (Å²) in [6.07, 6.45) is 1.52. The van der Waals surface area contributed by atoms with Crippen molar-refractivity contribution in [1.82, 2.24) is 9.55 Å². The summed E-state index contributed by atoms with van der Waals surface area (Å²) in [6, 6.07) is 0. The molecule has 108 valence electrons. The van der Waals surface area contributed by atoms with E-state index < -0.39 is 18.8 Å². The van der Waals surface area contributed by atoms with Crippen molar-refractivity contribution in [3.63, 3.8) is 0 Å². The fraction of sp³-hybridized carbons (Fsp3) is 0.636. The molecule has 1 rings (SSSR count). The monoisotopic (exact) mass is 290 g/mol. The van der Waals surface area contributed by atoms with Crippen LogP contribution in [0.25, 0.3) is 0 Å². The summed E-state index contributed by atoms with van der Waals surface area (Å²) < 4.78 is 23.8. The van der Waals surface area contributed by atoms with Gasteiger partial charge in [0.05, 0.1) is 19.4 Å². The first kappa shape index (κ1) is 15.9. The lowest BCUT2D eigenvalue weighted by Crippen LogP contribution is -2.31. The summed E-state index contributed by atoms with van der Waals surface area (Å²) >= 11 is 0. The first-order chi connectivity index (χ1) is 8.91. The lowest BCUT2D eigenvalue weighted by molar-refractivity contribution is 0.219. The summed E-state index contributed by atoms with van der Waals surface area (Å²) in [5, 5.41) is 0. The Balaban J connectivity index is 2.86. The van der Waals surface area contributed by atoms with Gasteiger partial charge in [-0.05, 0) is 20.8 Å². The highest BCUT2D eigenvalue weighted by atomic mass is 31.2. The first-order valence-corrected chi connectivity index (χ1v) is 7.83. The minimum absolute atomic E-state index is 0.0834. The maximum Gasteiger partial charge on any atom is 0.332 e. The maximum absolute atomic E-state index is 12.2. The predicted molar refractivity (Wildman–Crippen MR) is 71.8 cm³/mol. The van der Waals surface area contributed by atoms with Gasteiger partial charge in [0.2, 0.25) is 0 Å². The van der Waals surface area contributed by atoms with E-state index in [1.165, 1.54) is 10.8 Å². The molecule has 7 nitrogen and oxygen atoms in total. The van der Waals surface area contributed by atoms with E-state index in [0.717, 1.165) is 0 Å². The summed E-state index contributed by atoms with van der Waals surface area (Å²) in [5.41, 5.74) is -0.531. The van der Waals surface area contributed by atoms with Crippen molar-refractivity contribution in [2.45, 2.75) is 27.3 Å². The molecule has 0 unspecified atom stereocenters. The van der Waals surface area contributed by atoms with E-state index in [1.807, 2.05) is 0 Å². The number of H-pyrrole nitrogens is 1. The van der Waals surface area contributed by atoms with E-state index in [0.29, 0.717) is 5.56 Å². The van der Waals surface area contributed by atoms with Crippen LogP contribution < -0.4 is 11.2 Å². The minimum Gasteiger partial charge on any atom is -0.309 e. The molecule has 0 atom stereocenters. The molecule has 8 heteroatoms. The number of aryl methyl sites for hydroxylation is 2. The van der Waals surface area contributed by atoms with E-state index in [9.17, 15) is 14.2 Å². The Hall–Kier alpha value is -1.17. The average Bonchev–Trinajstić information content (AvgIpc) is 2.33. The van der Waals surface area contributed by atoms with Crippen LogP contribution in [-0.2, 0) is 20.2 Å². The molecule has 1 N–H and O–H groups in total. The van der Waals surface area contributed by atoms with E-state index in [1.54, 1.807) is 20.8 Å². The highest BCUT2D eigenvalue weighted by molar-refractivity contribution is 7.53. The van der Waals surface area contributed by atoms with Gasteiger partial charge in [-0.3, -0.25) is 18.9 Å². The number of rotatable bonds is 7. The third-order valence-electron chi connectivity index (χ3n) is 2.46. The van der Waals surface area contributed by atoms with Crippen molar-refractivity contribution in [1.29, 1.82) is 0 Å². The molecule has 0 amide bonds. The van der Waals surface area contributed by atoms with Crippen LogP contribution in [-0.4, -0.2) is 28.9 Å². The second kappa shape index (κ2) is 6.84. The molecule has 0 bridgehead atoms.